The topological polar surface area (TPSA) is 79.1 Å². The number of aromatic nitrogens is 2. The SMILES string of the molecule is C=C(C)Cc1c(O[C@@H](C)C(C)=O)ccc2c1c1ccnc3c4ccc(OC)c(OC)c4c(=O)n2c13. The van der Waals surface area contributed by atoms with Crippen LogP contribution >= 0.6 is 0 Å². The van der Waals surface area contributed by atoms with Crippen LogP contribution in [0.25, 0.3) is 38.1 Å². The normalized spacial score (nSPS) is 12.5. The third-order valence-electron chi connectivity index (χ3n) is 6.48. The molecule has 35 heavy (non-hydrogen) atoms. The van der Waals surface area contributed by atoms with Crippen molar-refractivity contribution in [2.75, 3.05) is 14.2 Å². The molecule has 3 aromatic heterocycles. The molecule has 5 rings (SSSR count). The van der Waals surface area contributed by atoms with E-state index in [1.54, 1.807) is 30.7 Å². The Morgan fingerprint density at radius 2 is 1.77 bits per heavy atom. The number of benzene rings is 2. The van der Waals surface area contributed by atoms with E-state index in [0.29, 0.717) is 40.0 Å². The lowest BCUT2D eigenvalue weighted by molar-refractivity contribution is -0.122. The van der Waals surface area contributed by atoms with Gasteiger partial charge in [-0.25, -0.2) is 0 Å². The summed E-state index contributed by atoms with van der Waals surface area (Å²) in [5, 5.41) is 2.86. The molecule has 7 nitrogen and oxygen atoms in total. The van der Waals surface area contributed by atoms with Crippen LogP contribution in [0.4, 0.5) is 0 Å². The molecule has 0 radical (unpaired) electrons. The van der Waals surface area contributed by atoms with Crippen molar-refractivity contribution in [1.82, 2.24) is 9.38 Å². The molecule has 7 heteroatoms. The van der Waals surface area contributed by atoms with Gasteiger partial charge < -0.3 is 14.2 Å². The molecule has 0 amide bonds. The number of carbonyl (C=O) groups is 1. The predicted octanol–water partition coefficient (Wildman–Crippen LogP) is 5.08. The average molecular weight is 471 g/mol. The number of rotatable bonds is 7. The van der Waals surface area contributed by atoms with Crippen LogP contribution in [0, 0.1) is 0 Å². The van der Waals surface area contributed by atoms with Crippen LogP contribution in [0.15, 0.2) is 53.5 Å². The molecule has 0 saturated carbocycles. The summed E-state index contributed by atoms with van der Waals surface area (Å²) in [7, 11) is 3.06. The van der Waals surface area contributed by atoms with Crippen LogP contribution in [0.3, 0.4) is 0 Å². The Kier molecular flexibility index (Phi) is 5.35. The van der Waals surface area contributed by atoms with Gasteiger partial charge in [0.25, 0.3) is 5.56 Å². The Balaban J connectivity index is 2.00. The number of hydrogen-bond acceptors (Lipinski definition) is 6. The van der Waals surface area contributed by atoms with Gasteiger partial charge in [0.1, 0.15) is 5.75 Å². The largest absolute Gasteiger partial charge is 0.493 e. The standard InChI is InChI=1S/C28H26N2O5/c1-14(2)13-19-21(35-16(4)15(3)31)10-8-20-23(19)18-11-12-29-25-17-7-9-22(33-5)27(34-6)24(17)28(32)30(20)26(18)25/h7-12,16H,1,13H2,2-6H3/t16-/m0/s1. The molecule has 0 spiro atoms. The third-order valence-corrected chi connectivity index (χ3v) is 6.48. The quantitative estimate of drug-likeness (QED) is 0.244. The van der Waals surface area contributed by atoms with Crippen molar-refractivity contribution in [3.63, 3.8) is 0 Å². The molecule has 0 aliphatic heterocycles. The van der Waals surface area contributed by atoms with E-state index in [1.807, 2.05) is 31.2 Å². The fourth-order valence-electron chi connectivity index (χ4n) is 4.82. The molecule has 0 aliphatic rings. The van der Waals surface area contributed by atoms with E-state index in [0.717, 1.165) is 32.9 Å². The van der Waals surface area contributed by atoms with E-state index in [4.69, 9.17) is 14.2 Å². The van der Waals surface area contributed by atoms with Crippen molar-refractivity contribution in [1.29, 1.82) is 0 Å². The molecule has 178 valence electrons. The fraction of sp³-hybridized carbons (Fsp3) is 0.250. The van der Waals surface area contributed by atoms with Crippen LogP contribution in [0.5, 0.6) is 17.2 Å². The molecule has 0 bridgehead atoms. The average Bonchev–Trinajstić information content (AvgIpc) is 3.18. The molecule has 0 aliphatic carbocycles. The minimum Gasteiger partial charge on any atom is -0.493 e. The van der Waals surface area contributed by atoms with E-state index >= 15 is 0 Å². The minimum absolute atomic E-state index is 0.0649. The summed E-state index contributed by atoms with van der Waals surface area (Å²) >= 11 is 0. The first-order chi connectivity index (χ1) is 16.8. The summed E-state index contributed by atoms with van der Waals surface area (Å²) in [4.78, 5) is 30.6. The summed E-state index contributed by atoms with van der Waals surface area (Å²) in [6.45, 7) is 9.28. The summed E-state index contributed by atoms with van der Waals surface area (Å²) in [6, 6.07) is 9.22. The van der Waals surface area contributed by atoms with Gasteiger partial charge in [-0.05, 0) is 57.5 Å². The highest BCUT2D eigenvalue weighted by molar-refractivity contribution is 6.20. The van der Waals surface area contributed by atoms with Gasteiger partial charge in [-0.15, -0.1) is 0 Å². The molecule has 5 aromatic rings. The van der Waals surface area contributed by atoms with Crippen molar-refractivity contribution in [2.24, 2.45) is 0 Å². The molecule has 0 N–H and O–H groups in total. The summed E-state index contributed by atoms with van der Waals surface area (Å²) in [6.07, 6.45) is 1.68. The first-order valence-corrected chi connectivity index (χ1v) is 11.3. The number of allylic oxidation sites excluding steroid dienone is 1. The number of nitrogens with zero attached hydrogens (tertiary/aromatic N) is 2. The number of hydrogen-bond donors (Lipinski definition) is 0. The monoisotopic (exact) mass is 470 g/mol. The van der Waals surface area contributed by atoms with Gasteiger partial charge in [0.2, 0.25) is 0 Å². The first kappa shape index (κ1) is 22.7. The van der Waals surface area contributed by atoms with Crippen molar-refractivity contribution < 1.29 is 19.0 Å². The second-order valence-electron chi connectivity index (χ2n) is 8.86. The molecule has 1 atom stereocenters. The minimum atomic E-state index is -0.597. The number of methoxy groups -OCH3 is 2. The van der Waals surface area contributed by atoms with Crippen molar-refractivity contribution in [3.8, 4) is 17.2 Å². The van der Waals surface area contributed by atoms with E-state index < -0.39 is 6.10 Å². The van der Waals surface area contributed by atoms with Crippen molar-refractivity contribution in [3.05, 3.63) is 64.6 Å². The van der Waals surface area contributed by atoms with E-state index in [1.165, 1.54) is 14.0 Å². The number of ketones is 1. The molecule has 0 saturated heterocycles. The highest BCUT2D eigenvalue weighted by Gasteiger charge is 2.25. The van der Waals surface area contributed by atoms with Gasteiger partial charge in [0.05, 0.1) is 36.2 Å². The maximum atomic E-state index is 14.0. The molecule has 0 fully saturated rings. The summed E-state index contributed by atoms with van der Waals surface area (Å²) in [5.74, 6) is 1.39. The second kappa shape index (κ2) is 8.27. The number of ether oxygens (including phenoxy) is 3. The van der Waals surface area contributed by atoms with Crippen LogP contribution in [-0.4, -0.2) is 35.5 Å². The van der Waals surface area contributed by atoms with E-state index in [-0.39, 0.29) is 11.3 Å². The van der Waals surface area contributed by atoms with Crippen LogP contribution in [0.2, 0.25) is 0 Å². The van der Waals surface area contributed by atoms with E-state index in [9.17, 15) is 9.59 Å². The van der Waals surface area contributed by atoms with Gasteiger partial charge in [-0.2, -0.15) is 0 Å². The van der Waals surface area contributed by atoms with Gasteiger partial charge in [-0.1, -0.05) is 12.2 Å². The van der Waals surface area contributed by atoms with Gasteiger partial charge >= 0.3 is 0 Å². The van der Waals surface area contributed by atoms with Gasteiger partial charge in [0, 0.05) is 27.9 Å². The number of carbonyl (C=O) groups excluding carboxylic acids is 1. The van der Waals surface area contributed by atoms with Crippen LogP contribution in [0.1, 0.15) is 26.3 Å². The Morgan fingerprint density at radius 3 is 2.43 bits per heavy atom. The fourth-order valence-corrected chi connectivity index (χ4v) is 4.82. The lowest BCUT2D eigenvalue weighted by atomic mass is 9.99. The van der Waals surface area contributed by atoms with Crippen molar-refractivity contribution >= 4 is 43.9 Å². The smallest absolute Gasteiger partial charge is 0.267 e. The lowest BCUT2D eigenvalue weighted by Crippen LogP contribution is -2.21. The lowest BCUT2D eigenvalue weighted by Gasteiger charge is -2.17. The maximum absolute atomic E-state index is 14.0. The van der Waals surface area contributed by atoms with Gasteiger partial charge in [-0.3, -0.25) is 19.0 Å². The van der Waals surface area contributed by atoms with Crippen molar-refractivity contribution in [2.45, 2.75) is 33.3 Å². The molecular weight excluding hydrogens is 444 g/mol. The Labute approximate surface area is 201 Å². The number of Topliss-reactive ketones (excluding diaryl/α,β-unsaturated/α-hetero) is 1. The first-order valence-electron chi connectivity index (χ1n) is 11.3. The third kappa shape index (κ3) is 3.30. The zero-order valence-corrected chi connectivity index (χ0v) is 20.4. The summed E-state index contributed by atoms with van der Waals surface area (Å²) in [5.41, 5.74) is 3.75. The second-order valence-corrected chi connectivity index (χ2v) is 8.86. The zero-order chi connectivity index (χ0) is 25.0. The predicted molar refractivity (Wildman–Crippen MR) is 138 cm³/mol. The van der Waals surface area contributed by atoms with Gasteiger partial charge in [0.15, 0.2) is 23.4 Å². The molecular formula is C28H26N2O5. The summed E-state index contributed by atoms with van der Waals surface area (Å²) < 4.78 is 18.8. The molecule has 0 unspecified atom stereocenters. The van der Waals surface area contributed by atoms with Crippen LogP contribution in [-0.2, 0) is 11.2 Å². The number of pyridine rings is 2. The highest BCUT2D eigenvalue weighted by Crippen LogP contribution is 2.41. The Hall–Kier alpha value is -4.13. The van der Waals surface area contributed by atoms with E-state index in [2.05, 4.69) is 11.6 Å². The van der Waals surface area contributed by atoms with Crippen LogP contribution < -0.4 is 19.8 Å². The Bertz CT molecular complexity index is 1720. The molecule has 2 aromatic carbocycles. The zero-order valence-electron chi connectivity index (χ0n) is 20.4. The highest BCUT2D eigenvalue weighted by atomic mass is 16.5. The number of fused-ring (bicyclic) bond motifs is 5. The Morgan fingerprint density at radius 1 is 1.03 bits per heavy atom. The maximum Gasteiger partial charge on any atom is 0.267 e. The molecule has 3 heterocycles.